The fourth-order valence-corrected chi connectivity index (χ4v) is 2.99. The molecule has 0 unspecified atom stereocenters. The van der Waals surface area contributed by atoms with Gasteiger partial charge in [0.1, 0.15) is 0 Å². The molecule has 0 bridgehead atoms. The van der Waals surface area contributed by atoms with E-state index in [1.165, 1.54) is 4.90 Å². The second-order valence-electron chi connectivity index (χ2n) is 6.57. The average molecular weight is 376 g/mol. The van der Waals surface area contributed by atoms with Crippen LogP contribution in [0.3, 0.4) is 0 Å². The number of benzene rings is 2. The standard InChI is InChI=1S/C21H20N4O3/c1-4-14-6-5-7-16(10-14)22-19(26)13-25(3)21(28)15-8-9-18-17(11-15)23-20(27)12-24(18)2/h1,5-11H,12-13H2,2-3H3,(H,22,26)(H,23,27). The van der Waals surface area contributed by atoms with Gasteiger partial charge in [-0.2, -0.15) is 0 Å². The van der Waals surface area contributed by atoms with Gasteiger partial charge in [0.15, 0.2) is 0 Å². The second-order valence-corrected chi connectivity index (χ2v) is 6.57. The number of carbonyl (C=O) groups is 3. The third kappa shape index (κ3) is 4.13. The number of terminal acetylenes is 1. The topological polar surface area (TPSA) is 81.8 Å². The number of rotatable bonds is 4. The summed E-state index contributed by atoms with van der Waals surface area (Å²) < 4.78 is 0. The third-order valence-corrected chi connectivity index (χ3v) is 4.35. The van der Waals surface area contributed by atoms with Crippen molar-refractivity contribution in [2.75, 3.05) is 42.7 Å². The molecule has 28 heavy (non-hydrogen) atoms. The van der Waals surface area contributed by atoms with Crippen molar-refractivity contribution in [3.63, 3.8) is 0 Å². The number of likely N-dealkylation sites (N-methyl/N-ethyl adjacent to an activating group) is 2. The van der Waals surface area contributed by atoms with Crippen LogP contribution in [0, 0.1) is 12.3 Å². The van der Waals surface area contributed by atoms with E-state index in [0.717, 1.165) is 5.69 Å². The van der Waals surface area contributed by atoms with Crippen LogP contribution in [0.1, 0.15) is 15.9 Å². The minimum absolute atomic E-state index is 0.123. The van der Waals surface area contributed by atoms with E-state index >= 15 is 0 Å². The molecule has 3 amide bonds. The van der Waals surface area contributed by atoms with Crippen molar-refractivity contribution in [1.82, 2.24) is 4.90 Å². The normalized spacial score (nSPS) is 12.5. The summed E-state index contributed by atoms with van der Waals surface area (Å²) in [7, 11) is 3.36. The largest absolute Gasteiger partial charge is 0.364 e. The number of nitrogens with one attached hydrogen (secondary N) is 2. The Morgan fingerprint density at radius 3 is 2.82 bits per heavy atom. The van der Waals surface area contributed by atoms with Gasteiger partial charge in [0.25, 0.3) is 5.91 Å². The molecule has 2 aromatic rings. The van der Waals surface area contributed by atoms with Crippen LogP contribution >= 0.6 is 0 Å². The van der Waals surface area contributed by atoms with Crippen molar-refractivity contribution in [2.45, 2.75) is 0 Å². The molecule has 0 fully saturated rings. The number of hydrogen-bond donors (Lipinski definition) is 2. The maximum Gasteiger partial charge on any atom is 0.254 e. The number of carbonyl (C=O) groups excluding carboxylic acids is 3. The molecule has 7 heteroatoms. The Labute approximate surface area is 163 Å². The molecule has 2 N–H and O–H groups in total. The molecule has 0 spiro atoms. The monoisotopic (exact) mass is 376 g/mol. The quantitative estimate of drug-likeness (QED) is 0.797. The van der Waals surface area contributed by atoms with Crippen LogP contribution in [0.5, 0.6) is 0 Å². The van der Waals surface area contributed by atoms with Gasteiger partial charge in [-0.05, 0) is 36.4 Å². The van der Waals surface area contributed by atoms with Crippen LogP contribution in [-0.4, -0.2) is 49.8 Å². The number of nitrogens with zero attached hydrogens (tertiary/aromatic N) is 2. The van der Waals surface area contributed by atoms with E-state index in [2.05, 4.69) is 16.6 Å². The summed E-state index contributed by atoms with van der Waals surface area (Å²) in [6, 6.07) is 12.0. The minimum atomic E-state index is -0.337. The lowest BCUT2D eigenvalue weighted by atomic mass is 10.1. The van der Waals surface area contributed by atoms with Crippen molar-refractivity contribution >= 4 is 34.8 Å². The highest BCUT2D eigenvalue weighted by molar-refractivity contribution is 6.04. The predicted octanol–water partition coefficient (Wildman–Crippen LogP) is 1.77. The van der Waals surface area contributed by atoms with Crippen molar-refractivity contribution < 1.29 is 14.4 Å². The van der Waals surface area contributed by atoms with E-state index in [-0.39, 0.29) is 30.8 Å². The zero-order chi connectivity index (χ0) is 20.3. The predicted molar refractivity (Wildman–Crippen MR) is 108 cm³/mol. The van der Waals surface area contributed by atoms with Gasteiger partial charge in [-0.15, -0.1) is 6.42 Å². The van der Waals surface area contributed by atoms with Crippen molar-refractivity contribution in [2.24, 2.45) is 0 Å². The number of anilines is 3. The van der Waals surface area contributed by atoms with Crippen LogP contribution in [0.4, 0.5) is 17.1 Å². The Morgan fingerprint density at radius 2 is 2.07 bits per heavy atom. The molecule has 2 aromatic carbocycles. The fraction of sp³-hybridized carbons (Fsp3) is 0.190. The zero-order valence-electron chi connectivity index (χ0n) is 15.7. The van der Waals surface area contributed by atoms with Crippen molar-refractivity contribution in [1.29, 1.82) is 0 Å². The highest BCUT2D eigenvalue weighted by Gasteiger charge is 2.22. The first kappa shape index (κ1) is 19.0. The van der Waals surface area contributed by atoms with Gasteiger partial charge in [0.05, 0.1) is 24.5 Å². The van der Waals surface area contributed by atoms with Gasteiger partial charge in [-0.25, -0.2) is 0 Å². The lowest BCUT2D eigenvalue weighted by Gasteiger charge is -2.28. The Kier molecular flexibility index (Phi) is 5.32. The first-order valence-electron chi connectivity index (χ1n) is 8.64. The molecule has 7 nitrogen and oxygen atoms in total. The molecule has 0 saturated heterocycles. The molecule has 142 valence electrons. The maximum absolute atomic E-state index is 12.7. The Bertz CT molecular complexity index is 993. The van der Waals surface area contributed by atoms with E-state index in [1.807, 2.05) is 11.9 Å². The van der Waals surface area contributed by atoms with Gasteiger partial charge in [0.2, 0.25) is 11.8 Å². The maximum atomic E-state index is 12.7. The Hall–Kier alpha value is -3.79. The molecule has 0 aliphatic carbocycles. The summed E-state index contributed by atoms with van der Waals surface area (Å²) in [5.41, 5.74) is 3.03. The summed E-state index contributed by atoms with van der Waals surface area (Å²) in [6.07, 6.45) is 5.36. The number of fused-ring (bicyclic) bond motifs is 1. The smallest absolute Gasteiger partial charge is 0.254 e. The van der Waals surface area contributed by atoms with Crippen molar-refractivity contribution in [3.05, 3.63) is 53.6 Å². The lowest BCUT2D eigenvalue weighted by Crippen LogP contribution is -2.36. The van der Waals surface area contributed by atoms with Gasteiger partial charge in [-0.3, -0.25) is 14.4 Å². The summed E-state index contributed by atoms with van der Waals surface area (Å²) in [5.74, 6) is 1.71. The first-order valence-corrected chi connectivity index (χ1v) is 8.64. The fourth-order valence-electron chi connectivity index (χ4n) is 2.99. The molecule has 0 radical (unpaired) electrons. The van der Waals surface area contributed by atoms with Crippen LogP contribution in [0.2, 0.25) is 0 Å². The SMILES string of the molecule is C#Cc1cccc(NC(=O)CN(C)C(=O)c2ccc3c(c2)NC(=O)CN3C)c1. The van der Waals surface area contributed by atoms with Crippen LogP contribution in [0.25, 0.3) is 0 Å². The molecule has 3 rings (SSSR count). The molecule has 0 atom stereocenters. The van der Waals surface area contributed by atoms with Gasteiger partial charge >= 0.3 is 0 Å². The van der Waals surface area contributed by atoms with E-state index in [4.69, 9.17) is 6.42 Å². The lowest BCUT2D eigenvalue weighted by molar-refractivity contribution is -0.117. The summed E-state index contributed by atoms with van der Waals surface area (Å²) >= 11 is 0. The molecule has 1 aliphatic heterocycles. The molecule has 0 aromatic heterocycles. The molecule has 1 heterocycles. The zero-order valence-corrected chi connectivity index (χ0v) is 15.7. The molecule has 0 saturated carbocycles. The van der Waals surface area contributed by atoms with Crippen molar-refractivity contribution in [3.8, 4) is 12.3 Å². The Balaban J connectivity index is 1.67. The molecular formula is C21H20N4O3. The van der Waals surface area contributed by atoms with Crippen LogP contribution in [-0.2, 0) is 9.59 Å². The summed E-state index contributed by atoms with van der Waals surface area (Å²) in [5, 5.41) is 5.49. The molecular weight excluding hydrogens is 356 g/mol. The Morgan fingerprint density at radius 1 is 1.29 bits per heavy atom. The average Bonchev–Trinajstić information content (AvgIpc) is 2.66. The summed E-state index contributed by atoms with van der Waals surface area (Å²) in [6.45, 7) is 0.143. The summed E-state index contributed by atoms with van der Waals surface area (Å²) in [4.78, 5) is 39.8. The third-order valence-electron chi connectivity index (χ3n) is 4.35. The highest BCUT2D eigenvalue weighted by Crippen LogP contribution is 2.29. The number of amides is 3. The van der Waals surface area contributed by atoms with E-state index in [1.54, 1.807) is 49.5 Å². The highest BCUT2D eigenvalue weighted by atomic mass is 16.2. The van der Waals surface area contributed by atoms with Gasteiger partial charge < -0.3 is 20.4 Å². The van der Waals surface area contributed by atoms with Gasteiger partial charge in [0, 0.05) is 30.9 Å². The van der Waals surface area contributed by atoms with E-state index in [9.17, 15) is 14.4 Å². The first-order chi connectivity index (χ1) is 13.4. The van der Waals surface area contributed by atoms with E-state index < -0.39 is 0 Å². The van der Waals surface area contributed by atoms with E-state index in [0.29, 0.717) is 22.5 Å². The molecule has 1 aliphatic rings. The number of hydrogen-bond acceptors (Lipinski definition) is 4. The second kappa shape index (κ2) is 7.84. The van der Waals surface area contributed by atoms with Gasteiger partial charge in [-0.1, -0.05) is 12.0 Å². The minimum Gasteiger partial charge on any atom is -0.364 e. The van der Waals surface area contributed by atoms with Crippen LogP contribution < -0.4 is 15.5 Å². The van der Waals surface area contributed by atoms with Crippen LogP contribution in [0.15, 0.2) is 42.5 Å².